The van der Waals surface area contributed by atoms with Crippen molar-refractivity contribution in [1.29, 1.82) is 0 Å². The van der Waals surface area contributed by atoms with Gasteiger partial charge in [-0.15, -0.1) is 0 Å². The van der Waals surface area contributed by atoms with Crippen LogP contribution in [0.1, 0.15) is 78.1 Å². The number of rotatable bonds is 11. The monoisotopic (exact) mass is 226 g/mol. The Kier molecular flexibility index (Phi) is 12.5. The molecule has 0 aromatic heterocycles. The van der Waals surface area contributed by atoms with Gasteiger partial charge in [-0.25, -0.2) is 4.58 Å². The fourth-order valence-corrected chi connectivity index (χ4v) is 1.93. The van der Waals surface area contributed by atoms with Crippen LogP contribution < -0.4 is 0 Å². The number of hydrogen-bond donors (Lipinski definition) is 0. The van der Waals surface area contributed by atoms with E-state index in [0.29, 0.717) is 0 Å². The van der Waals surface area contributed by atoms with Gasteiger partial charge in [-0.2, -0.15) is 0 Å². The van der Waals surface area contributed by atoms with Crippen molar-refractivity contribution in [3.63, 3.8) is 0 Å². The molecular weight excluding hydrogens is 194 g/mol. The van der Waals surface area contributed by atoms with Gasteiger partial charge in [0, 0.05) is 12.8 Å². The second-order valence-corrected chi connectivity index (χ2v) is 4.93. The molecule has 1 nitrogen and oxygen atoms in total. The molecular formula is C15H32N+. The fraction of sp³-hybridized carbons (Fsp3) is 0.933. The van der Waals surface area contributed by atoms with Gasteiger partial charge in [0.25, 0.3) is 0 Å². The molecule has 0 fully saturated rings. The zero-order valence-corrected chi connectivity index (χ0v) is 11.8. The molecule has 0 aliphatic rings. The molecule has 16 heavy (non-hydrogen) atoms. The predicted molar refractivity (Wildman–Crippen MR) is 74.6 cm³/mol. The third kappa shape index (κ3) is 11.7. The molecule has 0 unspecified atom stereocenters. The van der Waals surface area contributed by atoms with E-state index in [1.54, 1.807) is 0 Å². The van der Waals surface area contributed by atoms with Gasteiger partial charge in [0.1, 0.15) is 19.8 Å². The van der Waals surface area contributed by atoms with Crippen molar-refractivity contribution in [2.75, 3.05) is 13.6 Å². The minimum absolute atomic E-state index is 1.25. The SMILES string of the molecule is CCCCC=[N+](C)CCCCCCCCC. The quantitative estimate of drug-likeness (QED) is 0.274. The topological polar surface area (TPSA) is 3.01 Å². The normalized spacial score (nSPS) is 12.1. The number of unbranched alkanes of at least 4 members (excludes halogenated alkanes) is 8. The summed E-state index contributed by atoms with van der Waals surface area (Å²) < 4.78 is 2.38. The van der Waals surface area contributed by atoms with E-state index < -0.39 is 0 Å². The summed E-state index contributed by atoms with van der Waals surface area (Å²) in [5.41, 5.74) is 0. The van der Waals surface area contributed by atoms with Gasteiger partial charge in [-0.1, -0.05) is 52.4 Å². The lowest BCUT2D eigenvalue weighted by molar-refractivity contribution is -0.494. The highest BCUT2D eigenvalue weighted by Gasteiger charge is 1.96. The van der Waals surface area contributed by atoms with E-state index in [4.69, 9.17) is 0 Å². The van der Waals surface area contributed by atoms with Gasteiger partial charge in [0.05, 0.1) is 0 Å². The summed E-state index contributed by atoms with van der Waals surface area (Å²) in [4.78, 5) is 0. The molecule has 0 rings (SSSR count). The number of hydrogen-bond acceptors (Lipinski definition) is 0. The maximum Gasteiger partial charge on any atom is 0.142 e. The summed E-state index contributed by atoms with van der Waals surface area (Å²) in [7, 11) is 2.22. The zero-order valence-electron chi connectivity index (χ0n) is 11.8. The summed E-state index contributed by atoms with van der Waals surface area (Å²) in [6.07, 6.45) is 16.1. The summed E-state index contributed by atoms with van der Waals surface area (Å²) in [5, 5.41) is 0. The lowest BCUT2D eigenvalue weighted by atomic mass is 10.1. The number of nitrogens with zero attached hydrogens (tertiary/aromatic N) is 1. The second kappa shape index (κ2) is 12.7. The average molecular weight is 226 g/mol. The fourth-order valence-electron chi connectivity index (χ4n) is 1.93. The highest BCUT2D eigenvalue weighted by Crippen LogP contribution is 2.06. The van der Waals surface area contributed by atoms with E-state index in [2.05, 4.69) is 31.7 Å². The van der Waals surface area contributed by atoms with Crippen LogP contribution >= 0.6 is 0 Å². The van der Waals surface area contributed by atoms with E-state index in [0.717, 1.165) is 0 Å². The minimum Gasteiger partial charge on any atom is -0.242 e. The van der Waals surface area contributed by atoms with Crippen molar-refractivity contribution in [2.45, 2.75) is 78.1 Å². The molecule has 1 heteroatoms. The highest BCUT2D eigenvalue weighted by atomic mass is 14.9. The Labute approximate surface area is 103 Å². The predicted octanol–water partition coefficient (Wildman–Crippen LogP) is 4.64. The Morgan fingerprint density at radius 2 is 1.31 bits per heavy atom. The third-order valence-electron chi connectivity index (χ3n) is 3.11. The molecule has 0 aliphatic carbocycles. The van der Waals surface area contributed by atoms with Crippen LogP contribution in [0, 0.1) is 0 Å². The van der Waals surface area contributed by atoms with Gasteiger partial charge in [0.2, 0.25) is 0 Å². The first kappa shape index (κ1) is 15.7. The second-order valence-electron chi connectivity index (χ2n) is 4.93. The Bertz CT molecular complexity index is 161. The maximum absolute atomic E-state index is 2.38. The van der Waals surface area contributed by atoms with Crippen LogP contribution in [-0.2, 0) is 0 Å². The van der Waals surface area contributed by atoms with Crippen LogP contribution in [0.3, 0.4) is 0 Å². The standard InChI is InChI=1S/C15H32N/c1-4-6-8-9-10-11-13-15-16(3)14-12-7-5-2/h14H,4-13,15H2,1-3H3/q+1. The van der Waals surface area contributed by atoms with Crippen molar-refractivity contribution in [1.82, 2.24) is 0 Å². The van der Waals surface area contributed by atoms with E-state index in [1.165, 1.54) is 70.8 Å². The first-order chi connectivity index (χ1) is 7.81. The lowest BCUT2D eigenvalue weighted by Crippen LogP contribution is -2.08. The van der Waals surface area contributed by atoms with Gasteiger partial charge in [-0.3, -0.25) is 0 Å². The molecule has 0 bridgehead atoms. The molecule has 0 amide bonds. The first-order valence-corrected chi connectivity index (χ1v) is 7.34. The first-order valence-electron chi connectivity index (χ1n) is 7.34. The third-order valence-corrected chi connectivity index (χ3v) is 3.11. The van der Waals surface area contributed by atoms with Crippen LogP contribution in [0.5, 0.6) is 0 Å². The molecule has 0 saturated carbocycles. The smallest absolute Gasteiger partial charge is 0.142 e. The van der Waals surface area contributed by atoms with Crippen LogP contribution in [-0.4, -0.2) is 24.4 Å². The molecule has 0 spiro atoms. The van der Waals surface area contributed by atoms with Crippen molar-refractivity contribution in [3.05, 3.63) is 0 Å². The Morgan fingerprint density at radius 3 is 1.94 bits per heavy atom. The van der Waals surface area contributed by atoms with E-state index >= 15 is 0 Å². The van der Waals surface area contributed by atoms with Crippen LogP contribution in [0.25, 0.3) is 0 Å². The van der Waals surface area contributed by atoms with Gasteiger partial charge in [-0.05, 0) is 12.8 Å². The molecule has 0 aromatic carbocycles. The summed E-state index contributed by atoms with van der Waals surface area (Å²) in [6, 6.07) is 0. The van der Waals surface area contributed by atoms with E-state index in [9.17, 15) is 0 Å². The molecule has 0 heterocycles. The molecule has 0 N–H and O–H groups in total. The summed E-state index contributed by atoms with van der Waals surface area (Å²) in [5.74, 6) is 0. The zero-order chi connectivity index (χ0) is 12.1. The Morgan fingerprint density at radius 1 is 0.750 bits per heavy atom. The van der Waals surface area contributed by atoms with Crippen molar-refractivity contribution >= 4 is 6.21 Å². The Balaban J connectivity index is 3.20. The van der Waals surface area contributed by atoms with Crippen LogP contribution in [0.4, 0.5) is 0 Å². The Hall–Kier alpha value is -0.330. The van der Waals surface area contributed by atoms with E-state index in [1.807, 2.05) is 0 Å². The van der Waals surface area contributed by atoms with Gasteiger partial charge in [0.15, 0.2) is 0 Å². The molecule has 0 aromatic rings. The lowest BCUT2D eigenvalue weighted by Gasteiger charge is -2.00. The van der Waals surface area contributed by atoms with Crippen molar-refractivity contribution < 1.29 is 4.58 Å². The molecule has 0 atom stereocenters. The van der Waals surface area contributed by atoms with Crippen LogP contribution in [0.2, 0.25) is 0 Å². The molecule has 96 valence electrons. The van der Waals surface area contributed by atoms with Gasteiger partial charge < -0.3 is 0 Å². The summed E-state index contributed by atoms with van der Waals surface area (Å²) in [6.45, 7) is 5.78. The largest absolute Gasteiger partial charge is 0.242 e. The van der Waals surface area contributed by atoms with E-state index in [-0.39, 0.29) is 0 Å². The molecule has 0 aliphatic heterocycles. The van der Waals surface area contributed by atoms with Gasteiger partial charge >= 0.3 is 0 Å². The average Bonchev–Trinajstić information content (AvgIpc) is 2.28. The summed E-state index contributed by atoms with van der Waals surface area (Å²) >= 11 is 0. The van der Waals surface area contributed by atoms with Crippen molar-refractivity contribution in [2.24, 2.45) is 0 Å². The van der Waals surface area contributed by atoms with Crippen molar-refractivity contribution in [3.8, 4) is 0 Å². The maximum atomic E-state index is 2.38. The molecule has 0 radical (unpaired) electrons. The highest BCUT2D eigenvalue weighted by molar-refractivity contribution is 5.50. The van der Waals surface area contributed by atoms with Crippen LogP contribution in [0.15, 0.2) is 0 Å². The minimum atomic E-state index is 1.25. The molecule has 0 saturated heterocycles.